The first-order valence-corrected chi connectivity index (χ1v) is 10.9. The van der Waals surface area contributed by atoms with E-state index in [-0.39, 0.29) is 17.5 Å². The second kappa shape index (κ2) is 9.22. The molecule has 0 spiro atoms. The molecule has 4 aromatic rings. The average molecular weight is 466 g/mol. The van der Waals surface area contributed by atoms with Crippen molar-refractivity contribution >= 4 is 23.5 Å². The lowest BCUT2D eigenvalue weighted by Crippen LogP contribution is -2.19. The number of nitrogen functional groups attached to an aromatic ring is 1. The molecule has 0 atom stereocenters. The van der Waals surface area contributed by atoms with Crippen molar-refractivity contribution in [2.24, 2.45) is 0 Å². The number of nitriles is 1. The molecule has 0 fully saturated rings. The number of nitrogens with zero attached hydrogens (tertiary/aromatic N) is 5. The summed E-state index contributed by atoms with van der Waals surface area (Å²) in [5.74, 6) is 6.83. The number of carbonyl (C=O) groups excluding carboxylic acids is 1. The summed E-state index contributed by atoms with van der Waals surface area (Å²) < 4.78 is 21.7. The minimum Gasteiger partial charge on any atom is -0.467 e. The van der Waals surface area contributed by atoms with Crippen LogP contribution >= 0.6 is 11.8 Å². The second-order valence-electron chi connectivity index (χ2n) is 7.23. The highest BCUT2D eigenvalue weighted by Crippen LogP contribution is 2.28. The van der Waals surface area contributed by atoms with Crippen molar-refractivity contribution in [3.05, 3.63) is 71.1 Å². The zero-order valence-corrected chi connectivity index (χ0v) is 18.7. The number of thioether (sulfide) groups is 1. The monoisotopic (exact) mass is 465 g/mol. The van der Waals surface area contributed by atoms with Gasteiger partial charge in [0, 0.05) is 11.3 Å². The molecule has 9 nitrogen and oxygen atoms in total. The van der Waals surface area contributed by atoms with Crippen LogP contribution in [0.4, 0.5) is 10.2 Å². The smallest absolute Gasteiger partial charge is 0.235 e. The van der Waals surface area contributed by atoms with Crippen molar-refractivity contribution in [2.45, 2.75) is 25.5 Å². The van der Waals surface area contributed by atoms with Gasteiger partial charge in [-0.1, -0.05) is 11.8 Å². The minimum absolute atomic E-state index is 0.00630. The Labute approximate surface area is 193 Å². The Morgan fingerprint density at radius 2 is 2.03 bits per heavy atom. The Morgan fingerprint density at radius 3 is 2.70 bits per heavy atom. The van der Waals surface area contributed by atoms with Crippen molar-refractivity contribution in [1.29, 1.82) is 5.26 Å². The van der Waals surface area contributed by atoms with Crippen molar-refractivity contribution < 1.29 is 13.6 Å². The van der Waals surface area contributed by atoms with Crippen LogP contribution in [0.15, 0.2) is 52.2 Å². The number of hydrogen-bond acceptors (Lipinski definition) is 7. The summed E-state index contributed by atoms with van der Waals surface area (Å²) in [5.41, 5.74) is 2.65. The van der Waals surface area contributed by atoms with Crippen LogP contribution in [0.2, 0.25) is 0 Å². The first-order valence-electron chi connectivity index (χ1n) is 9.90. The molecule has 4 rings (SSSR count). The van der Waals surface area contributed by atoms with E-state index in [0.717, 1.165) is 23.0 Å². The summed E-state index contributed by atoms with van der Waals surface area (Å²) in [4.78, 5) is 12.7. The predicted octanol–water partition coefficient (Wildman–Crippen LogP) is 3.46. The molecule has 0 bridgehead atoms. The predicted molar refractivity (Wildman–Crippen MR) is 121 cm³/mol. The van der Waals surface area contributed by atoms with E-state index in [1.165, 1.54) is 16.8 Å². The van der Waals surface area contributed by atoms with Crippen molar-refractivity contribution in [3.8, 4) is 17.5 Å². The van der Waals surface area contributed by atoms with Gasteiger partial charge in [0.1, 0.15) is 23.5 Å². The first-order chi connectivity index (χ1) is 15.9. The Kier molecular flexibility index (Phi) is 6.19. The topological polar surface area (TPSA) is 128 Å². The first kappa shape index (κ1) is 22.2. The van der Waals surface area contributed by atoms with Crippen LogP contribution in [0.5, 0.6) is 0 Å². The van der Waals surface area contributed by atoms with Crippen LogP contribution in [0, 0.1) is 31.0 Å². The number of halogens is 1. The highest BCUT2D eigenvalue weighted by molar-refractivity contribution is 7.99. The van der Waals surface area contributed by atoms with Crippen LogP contribution in [0.1, 0.15) is 22.6 Å². The molecular weight excluding hydrogens is 445 g/mol. The van der Waals surface area contributed by atoms with Gasteiger partial charge in [-0.2, -0.15) is 5.26 Å². The molecule has 0 aliphatic heterocycles. The fourth-order valence-corrected chi connectivity index (χ4v) is 4.01. The number of aromatic nitrogens is 4. The van der Waals surface area contributed by atoms with Gasteiger partial charge in [-0.05, 0) is 55.8 Å². The molecule has 0 aliphatic carbocycles. The normalized spacial score (nSPS) is 10.8. The Morgan fingerprint density at radius 1 is 1.27 bits per heavy atom. The van der Waals surface area contributed by atoms with Crippen molar-refractivity contribution in [3.63, 3.8) is 0 Å². The lowest BCUT2D eigenvalue weighted by molar-refractivity contribution is -0.113. The standard InChI is InChI=1S/C22H20FN7O2S/c1-13-14(2)29(11-17-4-3-9-32-17)21(18(13)10-24)26-19(31)12-33-22-28-27-20(30(22)25)15-5-7-16(23)8-6-15/h3-9H,11-12,25H2,1-2H3,(H,26,31). The highest BCUT2D eigenvalue weighted by Gasteiger charge is 2.21. The zero-order chi connectivity index (χ0) is 23.5. The molecule has 0 aliphatic rings. The van der Waals surface area contributed by atoms with Gasteiger partial charge in [0.15, 0.2) is 5.82 Å². The molecule has 3 N–H and O–H groups in total. The molecule has 1 aromatic carbocycles. The van der Waals surface area contributed by atoms with Crippen LogP contribution in [0.25, 0.3) is 11.4 Å². The summed E-state index contributed by atoms with van der Waals surface area (Å²) in [6, 6.07) is 11.5. The maximum Gasteiger partial charge on any atom is 0.235 e. The molecule has 11 heteroatoms. The van der Waals surface area contributed by atoms with Crippen LogP contribution < -0.4 is 11.2 Å². The average Bonchev–Trinajstić information content (AvgIpc) is 3.50. The van der Waals surface area contributed by atoms with Gasteiger partial charge in [0.2, 0.25) is 11.1 Å². The summed E-state index contributed by atoms with van der Waals surface area (Å²) >= 11 is 1.10. The van der Waals surface area contributed by atoms with Gasteiger partial charge in [0.25, 0.3) is 0 Å². The molecule has 0 radical (unpaired) electrons. The summed E-state index contributed by atoms with van der Waals surface area (Å²) in [5, 5.41) is 20.9. The molecule has 0 saturated carbocycles. The minimum atomic E-state index is -0.368. The fraction of sp³-hybridized carbons (Fsp3) is 0.182. The number of nitrogens with two attached hydrogens (primary N) is 1. The van der Waals surface area contributed by atoms with Gasteiger partial charge in [-0.3, -0.25) is 4.79 Å². The largest absolute Gasteiger partial charge is 0.467 e. The van der Waals surface area contributed by atoms with E-state index in [1.54, 1.807) is 24.5 Å². The SMILES string of the molecule is Cc1c(C#N)c(NC(=O)CSc2nnc(-c3ccc(F)cc3)n2N)n(Cc2ccco2)c1C. The van der Waals surface area contributed by atoms with E-state index >= 15 is 0 Å². The number of carbonyl (C=O) groups is 1. The molecule has 0 unspecified atom stereocenters. The number of furan rings is 1. The third kappa shape index (κ3) is 4.47. The number of nitrogens with one attached hydrogen (secondary N) is 1. The highest BCUT2D eigenvalue weighted by atomic mass is 32.2. The number of hydrogen-bond donors (Lipinski definition) is 2. The van der Waals surface area contributed by atoms with E-state index in [0.29, 0.717) is 40.2 Å². The van der Waals surface area contributed by atoms with E-state index in [2.05, 4.69) is 21.6 Å². The van der Waals surface area contributed by atoms with Crippen molar-refractivity contribution in [1.82, 2.24) is 19.4 Å². The van der Waals surface area contributed by atoms with Crippen LogP contribution in [-0.4, -0.2) is 31.1 Å². The maximum absolute atomic E-state index is 13.2. The number of rotatable bonds is 7. The quantitative estimate of drug-likeness (QED) is 0.316. The zero-order valence-electron chi connectivity index (χ0n) is 17.9. The molecule has 33 heavy (non-hydrogen) atoms. The van der Waals surface area contributed by atoms with Gasteiger partial charge < -0.3 is 20.1 Å². The Balaban J connectivity index is 1.49. The molecule has 168 valence electrons. The van der Waals surface area contributed by atoms with E-state index < -0.39 is 0 Å². The summed E-state index contributed by atoms with van der Waals surface area (Å²) in [7, 11) is 0. The van der Waals surface area contributed by atoms with Gasteiger partial charge >= 0.3 is 0 Å². The molecule has 3 heterocycles. The second-order valence-corrected chi connectivity index (χ2v) is 8.17. The number of amides is 1. The molecule has 0 saturated heterocycles. The number of benzene rings is 1. The molecular formula is C22H20FN7O2S. The third-order valence-corrected chi connectivity index (χ3v) is 6.14. The Hall–Kier alpha value is -4.04. The maximum atomic E-state index is 13.2. The van der Waals surface area contributed by atoms with E-state index in [9.17, 15) is 14.4 Å². The van der Waals surface area contributed by atoms with Gasteiger partial charge in [-0.15, -0.1) is 10.2 Å². The van der Waals surface area contributed by atoms with Gasteiger partial charge in [0.05, 0.1) is 24.1 Å². The lowest BCUT2D eigenvalue weighted by atomic mass is 10.2. The number of anilines is 1. The lowest BCUT2D eigenvalue weighted by Gasteiger charge is -2.12. The van der Waals surface area contributed by atoms with E-state index in [4.69, 9.17) is 10.3 Å². The molecule has 3 aromatic heterocycles. The van der Waals surface area contributed by atoms with E-state index in [1.807, 2.05) is 24.5 Å². The van der Waals surface area contributed by atoms with Crippen molar-refractivity contribution in [2.75, 3.05) is 16.9 Å². The van der Waals surface area contributed by atoms with Crippen LogP contribution in [0.3, 0.4) is 0 Å². The fourth-order valence-electron chi connectivity index (χ4n) is 3.36. The summed E-state index contributed by atoms with van der Waals surface area (Å²) in [6.45, 7) is 4.10. The summed E-state index contributed by atoms with van der Waals surface area (Å²) in [6.07, 6.45) is 1.57. The van der Waals surface area contributed by atoms with Crippen LogP contribution in [-0.2, 0) is 11.3 Å². The van der Waals surface area contributed by atoms with Gasteiger partial charge in [-0.25, -0.2) is 9.07 Å². The third-order valence-electron chi connectivity index (χ3n) is 5.19. The Bertz CT molecular complexity index is 1330. The molecule has 1 amide bonds.